The predicted molar refractivity (Wildman–Crippen MR) is 133 cm³/mol. The normalized spacial score (nSPS) is 38.4. The van der Waals surface area contributed by atoms with Gasteiger partial charge in [0.1, 0.15) is 24.4 Å². The first kappa shape index (κ1) is 24.6. The molecule has 36 heavy (non-hydrogen) atoms. The quantitative estimate of drug-likeness (QED) is 0.388. The highest BCUT2D eigenvalue weighted by molar-refractivity contribution is 6.22. The van der Waals surface area contributed by atoms with E-state index in [1.807, 2.05) is 91.0 Å². The summed E-state index contributed by atoms with van der Waals surface area (Å²) in [6.07, 6.45) is -3.15. The van der Waals surface area contributed by atoms with Crippen LogP contribution in [0.3, 0.4) is 0 Å². The van der Waals surface area contributed by atoms with Gasteiger partial charge in [-0.15, -0.1) is 0 Å². The minimum Gasteiger partial charge on any atom is -0.331 e. The zero-order valence-electron chi connectivity index (χ0n) is 19.0. The van der Waals surface area contributed by atoms with Crippen molar-refractivity contribution in [3.8, 4) is 0 Å². The Morgan fingerprint density at radius 3 is 1.17 bits per heavy atom. The van der Waals surface area contributed by atoms with E-state index < -0.39 is 40.2 Å². The van der Waals surface area contributed by atoms with Crippen LogP contribution in [0.5, 0.6) is 0 Å². The maximum atomic E-state index is 6.99. The molecule has 6 nitrogen and oxygen atoms in total. The van der Waals surface area contributed by atoms with Crippen LogP contribution in [0.4, 0.5) is 0 Å². The molecule has 7 atom stereocenters. The van der Waals surface area contributed by atoms with Gasteiger partial charge < -0.3 is 28.4 Å². The lowest BCUT2D eigenvalue weighted by Crippen LogP contribution is -2.48. The molecule has 3 aliphatic heterocycles. The fourth-order valence-electron chi connectivity index (χ4n) is 4.67. The van der Waals surface area contributed by atoms with Crippen LogP contribution in [0.2, 0.25) is 0 Å². The van der Waals surface area contributed by atoms with E-state index in [1.54, 1.807) is 0 Å². The van der Waals surface area contributed by atoms with Gasteiger partial charge in [-0.05, 0) is 0 Å². The molecule has 3 aromatic carbocycles. The Labute approximate surface area is 223 Å². The second kappa shape index (κ2) is 9.55. The summed E-state index contributed by atoms with van der Waals surface area (Å²) in [7, 11) is 0. The van der Waals surface area contributed by atoms with Gasteiger partial charge >= 0.3 is 0 Å². The third kappa shape index (κ3) is 4.45. The van der Waals surface area contributed by atoms with Crippen LogP contribution < -0.4 is 0 Å². The molecule has 3 aromatic rings. The third-order valence-electron chi connectivity index (χ3n) is 6.46. The summed E-state index contributed by atoms with van der Waals surface area (Å²) < 4.78 is 38.0. The maximum Gasteiger partial charge on any atom is 0.277 e. The molecule has 3 fully saturated rings. The molecular weight excluding hydrogens is 527 g/mol. The van der Waals surface area contributed by atoms with Crippen molar-refractivity contribution in [2.24, 2.45) is 0 Å². The highest BCUT2D eigenvalue weighted by atomic mass is 35.5. The van der Waals surface area contributed by atoms with Gasteiger partial charge in [0.05, 0.1) is 13.2 Å². The zero-order chi connectivity index (χ0) is 24.8. The summed E-state index contributed by atoms with van der Waals surface area (Å²) in [5.41, 5.74) is 1.86. The third-order valence-corrected chi connectivity index (χ3v) is 7.69. The minimum atomic E-state index is -1.64. The van der Waals surface area contributed by atoms with E-state index in [9.17, 15) is 0 Å². The number of halogens is 3. The summed E-state index contributed by atoms with van der Waals surface area (Å²) in [6.45, 7) is -0.0304. The summed E-state index contributed by atoms with van der Waals surface area (Å²) in [4.78, 5) is 0. The fraction of sp³-hybridized carbons (Fsp3) is 0.333. The Hall–Kier alpha value is -1.71. The van der Waals surface area contributed by atoms with E-state index in [0.717, 1.165) is 0 Å². The monoisotopic (exact) mass is 548 g/mol. The van der Waals surface area contributed by atoms with E-state index >= 15 is 0 Å². The zero-order valence-corrected chi connectivity index (χ0v) is 21.2. The molecule has 3 unspecified atom stereocenters. The van der Waals surface area contributed by atoms with Gasteiger partial charge in [-0.2, -0.15) is 0 Å². The maximum absolute atomic E-state index is 6.99. The number of alkyl halides is 3. The molecule has 4 bridgehead atoms. The highest BCUT2D eigenvalue weighted by Gasteiger charge is 2.59. The molecule has 3 saturated heterocycles. The van der Waals surface area contributed by atoms with Gasteiger partial charge in [0.2, 0.25) is 0 Å². The summed E-state index contributed by atoms with van der Waals surface area (Å²) in [6, 6.07) is 27.7. The number of hydrogen-bond acceptors (Lipinski definition) is 6. The topological polar surface area (TPSA) is 55.4 Å². The first-order valence-electron chi connectivity index (χ1n) is 11.6. The van der Waals surface area contributed by atoms with E-state index in [1.165, 1.54) is 0 Å². The van der Waals surface area contributed by atoms with E-state index in [0.29, 0.717) is 16.7 Å². The molecule has 0 aromatic heterocycles. The first-order valence-corrected chi connectivity index (χ1v) is 12.7. The van der Waals surface area contributed by atoms with Crippen LogP contribution >= 0.6 is 34.8 Å². The molecule has 0 saturated carbocycles. The summed E-state index contributed by atoms with van der Waals surface area (Å²) in [5, 5.41) is -4.86. The Morgan fingerprint density at radius 1 is 0.472 bits per heavy atom. The average Bonchev–Trinajstić information content (AvgIpc) is 3.19. The second-order valence-corrected chi connectivity index (χ2v) is 10.3. The van der Waals surface area contributed by atoms with Crippen LogP contribution in [0.15, 0.2) is 91.0 Å². The van der Waals surface area contributed by atoms with Gasteiger partial charge in [-0.3, -0.25) is 0 Å². The Morgan fingerprint density at radius 2 is 0.806 bits per heavy atom. The van der Waals surface area contributed by atoms with Crippen LogP contribution in [-0.4, -0.2) is 37.6 Å². The highest BCUT2D eigenvalue weighted by Crippen LogP contribution is 2.49. The van der Waals surface area contributed by atoms with Gasteiger partial charge in [-0.1, -0.05) is 126 Å². The van der Waals surface area contributed by atoms with Crippen molar-refractivity contribution in [3.63, 3.8) is 0 Å². The van der Waals surface area contributed by atoms with Crippen LogP contribution in [0.1, 0.15) is 16.7 Å². The smallest absolute Gasteiger partial charge is 0.277 e. The van der Waals surface area contributed by atoms with Crippen LogP contribution in [0.25, 0.3) is 0 Å². The number of benzene rings is 3. The largest absolute Gasteiger partial charge is 0.331 e. The summed E-state index contributed by atoms with van der Waals surface area (Å²) in [5.74, 6) is 0. The molecular formula is C27H23Cl3O6. The van der Waals surface area contributed by atoms with Gasteiger partial charge in [0.25, 0.3) is 15.7 Å². The molecule has 9 heteroatoms. The minimum absolute atomic E-state index is 0.0152. The standard InChI is InChI=1S/C27H23Cl3O6/c28-25(18-10-4-1-5-11-18)31-16-21-24-23(35-25)22(34-27(30,33-21)20-14-8-3-9-15-20)17-32-26(29,36-24)19-12-6-2-7-13-19/h1-15,21-24H,16-17H2/t21-,22+,23-,24-,25?,26?,27?/m1/s1. The van der Waals surface area contributed by atoms with Crippen molar-refractivity contribution < 1.29 is 28.4 Å². The summed E-state index contributed by atoms with van der Waals surface area (Å²) >= 11 is 20.9. The van der Waals surface area contributed by atoms with Crippen LogP contribution in [-0.2, 0) is 44.2 Å². The van der Waals surface area contributed by atoms with Crippen molar-refractivity contribution in [1.82, 2.24) is 0 Å². The first-order chi connectivity index (χ1) is 17.4. The SMILES string of the molecule is ClC1(c2ccccc2)OC[C@H]2OC(Cl)(c3ccccc3)O[C@H]3COC(Cl)(c4ccccc4)O[C@H]2[C@@H]3O1. The lowest BCUT2D eigenvalue weighted by atomic mass is 10.0. The van der Waals surface area contributed by atoms with Gasteiger partial charge in [0, 0.05) is 16.7 Å². The van der Waals surface area contributed by atoms with Crippen molar-refractivity contribution in [1.29, 1.82) is 0 Å². The number of rotatable bonds is 3. The average molecular weight is 550 g/mol. The van der Waals surface area contributed by atoms with E-state index in [2.05, 4.69) is 0 Å². The molecule has 188 valence electrons. The molecule has 0 amide bonds. The number of ether oxygens (including phenoxy) is 6. The lowest BCUT2D eigenvalue weighted by molar-refractivity contribution is -0.294. The lowest BCUT2D eigenvalue weighted by Gasteiger charge is -2.36. The molecule has 3 heterocycles. The van der Waals surface area contributed by atoms with Crippen molar-refractivity contribution in [3.05, 3.63) is 108 Å². The molecule has 0 spiro atoms. The molecule has 6 rings (SSSR count). The Bertz CT molecular complexity index is 1110. The van der Waals surface area contributed by atoms with Crippen LogP contribution in [0, 0.1) is 0 Å². The van der Waals surface area contributed by atoms with Gasteiger partial charge in [0.15, 0.2) is 0 Å². The van der Waals surface area contributed by atoms with E-state index in [4.69, 9.17) is 63.2 Å². The van der Waals surface area contributed by atoms with Crippen molar-refractivity contribution >= 4 is 34.8 Å². The fourth-order valence-corrected chi connectivity index (χ4v) is 5.60. The molecule has 3 aliphatic rings. The second-order valence-electron chi connectivity index (χ2n) is 8.81. The Kier molecular flexibility index (Phi) is 6.53. The molecule has 0 radical (unpaired) electrons. The predicted octanol–water partition coefficient (Wildman–Crippen LogP) is 5.75. The van der Waals surface area contributed by atoms with Crippen molar-refractivity contribution in [2.45, 2.75) is 40.2 Å². The van der Waals surface area contributed by atoms with E-state index in [-0.39, 0.29) is 13.2 Å². The molecule has 0 aliphatic carbocycles. The van der Waals surface area contributed by atoms with Crippen molar-refractivity contribution in [2.75, 3.05) is 13.2 Å². The molecule has 0 N–H and O–H groups in total. The Balaban J connectivity index is 1.43. The van der Waals surface area contributed by atoms with Gasteiger partial charge in [-0.25, -0.2) is 0 Å². The number of hydrogen-bond donors (Lipinski definition) is 0.